The van der Waals surface area contributed by atoms with Crippen LogP contribution in [0, 0.1) is 0 Å². The molecule has 0 saturated carbocycles. The molecular formula is C18H27NO6S. The van der Waals surface area contributed by atoms with Crippen molar-refractivity contribution in [1.82, 2.24) is 0 Å². The van der Waals surface area contributed by atoms with Gasteiger partial charge in [-0.25, -0.2) is 8.42 Å². The van der Waals surface area contributed by atoms with Gasteiger partial charge in [0, 0.05) is 25.7 Å². The highest BCUT2D eigenvalue weighted by Gasteiger charge is 2.43. The Kier molecular flexibility index (Phi) is 6.92. The summed E-state index contributed by atoms with van der Waals surface area (Å²) in [6.07, 6.45) is 0. The lowest BCUT2D eigenvalue weighted by Gasteiger charge is -2.16. The highest BCUT2D eigenvalue weighted by atomic mass is 32.2. The first-order valence-corrected chi connectivity index (χ1v) is 9.97. The fourth-order valence-corrected chi connectivity index (χ4v) is 3.52. The number of methoxy groups -OCH3 is 1. The minimum atomic E-state index is -4.47. The topological polar surface area (TPSA) is 87.9 Å². The number of benzene rings is 1. The maximum Gasteiger partial charge on any atom is 0.209 e. The van der Waals surface area contributed by atoms with Crippen molar-refractivity contribution in [2.45, 2.75) is 31.1 Å². The van der Waals surface area contributed by atoms with Gasteiger partial charge in [-0.15, -0.1) is 0 Å². The van der Waals surface area contributed by atoms with Crippen molar-refractivity contribution in [2.24, 2.45) is 0 Å². The van der Waals surface area contributed by atoms with Crippen LogP contribution in [-0.2, 0) is 29.7 Å². The average molecular weight is 385 g/mol. The second kappa shape index (κ2) is 8.58. The molecule has 0 bridgehead atoms. The van der Waals surface area contributed by atoms with Crippen molar-refractivity contribution >= 4 is 21.5 Å². The minimum Gasteiger partial charge on any atom is -0.744 e. The first-order chi connectivity index (χ1) is 12.2. The molecule has 0 unspecified atom stereocenters. The summed E-state index contributed by atoms with van der Waals surface area (Å²) in [6, 6.07) is 4.56. The van der Waals surface area contributed by atoms with Crippen molar-refractivity contribution < 1.29 is 31.8 Å². The van der Waals surface area contributed by atoms with E-state index in [2.05, 4.69) is 4.58 Å². The maximum absolute atomic E-state index is 11.3. The zero-order valence-electron chi connectivity index (χ0n) is 15.8. The van der Waals surface area contributed by atoms with Crippen LogP contribution in [0.2, 0.25) is 0 Å². The van der Waals surface area contributed by atoms with E-state index in [0.717, 1.165) is 17.0 Å². The summed E-state index contributed by atoms with van der Waals surface area (Å²) in [4.78, 5) is -0.191. The second-order valence-corrected chi connectivity index (χ2v) is 8.09. The molecule has 1 aromatic rings. The molecule has 0 aliphatic carbocycles. The largest absolute Gasteiger partial charge is 0.744 e. The number of fused-ring (bicyclic) bond motifs is 1. The van der Waals surface area contributed by atoms with Gasteiger partial charge in [-0.1, -0.05) is 0 Å². The van der Waals surface area contributed by atoms with E-state index in [1.54, 1.807) is 13.2 Å². The summed E-state index contributed by atoms with van der Waals surface area (Å²) in [6.45, 7) is 9.34. The van der Waals surface area contributed by atoms with Gasteiger partial charge < -0.3 is 18.8 Å². The van der Waals surface area contributed by atoms with E-state index in [1.165, 1.54) is 12.1 Å². The van der Waals surface area contributed by atoms with Gasteiger partial charge >= 0.3 is 0 Å². The Bertz CT molecular complexity index is 770. The standard InChI is InChI=1S/C18H27NO6S/c1-14-18(2,3)16-13-15(26(20,21)22)5-6-17(16)19(14)7-8-24-11-12-25-10-9-23-4/h5-6,13H,7-12H2,1-4H3. The van der Waals surface area contributed by atoms with E-state index >= 15 is 0 Å². The van der Waals surface area contributed by atoms with Gasteiger partial charge in [0.15, 0.2) is 12.3 Å². The van der Waals surface area contributed by atoms with Crippen molar-refractivity contribution in [3.8, 4) is 0 Å². The van der Waals surface area contributed by atoms with Crippen LogP contribution in [0.3, 0.4) is 0 Å². The van der Waals surface area contributed by atoms with Crippen LogP contribution in [0.25, 0.3) is 0 Å². The van der Waals surface area contributed by atoms with Gasteiger partial charge in [-0.05, 0) is 26.0 Å². The molecule has 0 N–H and O–H groups in total. The van der Waals surface area contributed by atoms with Crippen molar-refractivity contribution in [3.05, 3.63) is 23.8 Å². The molecule has 1 aliphatic rings. The zero-order chi connectivity index (χ0) is 19.4. The minimum absolute atomic E-state index is 0.191. The highest BCUT2D eigenvalue weighted by molar-refractivity contribution is 7.85. The number of nitrogens with zero attached hydrogens (tertiary/aromatic N) is 1. The molecule has 0 aromatic heterocycles. The quantitative estimate of drug-likeness (QED) is 0.346. The van der Waals surface area contributed by atoms with Crippen molar-refractivity contribution in [2.75, 3.05) is 46.7 Å². The molecule has 1 aliphatic heterocycles. The first kappa shape index (κ1) is 21.0. The number of rotatable bonds is 10. The van der Waals surface area contributed by atoms with Gasteiger partial charge in [0.2, 0.25) is 5.69 Å². The fourth-order valence-electron chi connectivity index (χ4n) is 3.03. The lowest BCUT2D eigenvalue weighted by molar-refractivity contribution is -0.443. The monoisotopic (exact) mass is 385 g/mol. The predicted molar refractivity (Wildman–Crippen MR) is 96.4 cm³/mol. The smallest absolute Gasteiger partial charge is 0.209 e. The van der Waals surface area contributed by atoms with E-state index in [9.17, 15) is 13.0 Å². The Morgan fingerprint density at radius 3 is 2.31 bits per heavy atom. The van der Waals surface area contributed by atoms with Gasteiger partial charge in [-0.3, -0.25) is 0 Å². The Morgan fingerprint density at radius 2 is 1.69 bits per heavy atom. The number of hydrogen-bond donors (Lipinski definition) is 0. The van der Waals surface area contributed by atoms with Crippen LogP contribution in [-0.4, -0.2) is 69.9 Å². The number of ether oxygens (including phenoxy) is 3. The Labute approximate surface area is 155 Å². The summed E-state index contributed by atoms with van der Waals surface area (Å²) in [5.74, 6) is 0. The Hall–Kier alpha value is -1.32. The molecule has 0 atom stereocenters. The highest BCUT2D eigenvalue weighted by Crippen LogP contribution is 2.40. The molecule has 26 heavy (non-hydrogen) atoms. The molecule has 146 valence electrons. The van der Waals surface area contributed by atoms with E-state index < -0.39 is 10.1 Å². The SMILES string of the molecule is COCCOCCOCC[N+]1=C(C)C(C)(C)c2cc(S(=O)(=O)[O-])ccc21. The maximum atomic E-state index is 11.3. The van der Waals surface area contributed by atoms with Gasteiger partial charge in [0.25, 0.3) is 0 Å². The summed E-state index contributed by atoms with van der Waals surface area (Å²) in [5, 5.41) is 0. The predicted octanol–water partition coefficient (Wildman–Crippen LogP) is 1.67. The van der Waals surface area contributed by atoms with E-state index in [1.807, 2.05) is 20.8 Å². The summed E-state index contributed by atoms with van der Waals surface area (Å²) >= 11 is 0. The average Bonchev–Trinajstić information content (AvgIpc) is 2.76. The third-order valence-electron chi connectivity index (χ3n) is 4.79. The van der Waals surface area contributed by atoms with Crippen LogP contribution in [0.5, 0.6) is 0 Å². The molecule has 1 heterocycles. The molecule has 7 nitrogen and oxygen atoms in total. The normalized spacial score (nSPS) is 16.2. The molecule has 0 spiro atoms. The summed E-state index contributed by atoms with van der Waals surface area (Å²) in [7, 11) is -2.84. The van der Waals surface area contributed by atoms with Crippen LogP contribution in [0.4, 0.5) is 5.69 Å². The molecule has 1 aromatic carbocycles. The van der Waals surface area contributed by atoms with E-state index in [4.69, 9.17) is 14.2 Å². The van der Waals surface area contributed by atoms with Crippen LogP contribution in [0.1, 0.15) is 26.3 Å². The molecule has 2 rings (SSSR count). The number of hydrogen-bond acceptors (Lipinski definition) is 6. The van der Waals surface area contributed by atoms with E-state index in [-0.39, 0.29) is 10.3 Å². The molecule has 0 amide bonds. The Balaban J connectivity index is 2.01. The van der Waals surface area contributed by atoms with Crippen molar-refractivity contribution in [1.29, 1.82) is 0 Å². The van der Waals surface area contributed by atoms with E-state index in [0.29, 0.717) is 39.6 Å². The van der Waals surface area contributed by atoms with Gasteiger partial charge in [0.1, 0.15) is 16.7 Å². The lowest BCUT2D eigenvalue weighted by Crippen LogP contribution is -2.27. The van der Waals surface area contributed by atoms with Crippen LogP contribution in [0.15, 0.2) is 23.1 Å². The molecule has 0 radical (unpaired) electrons. The molecule has 0 saturated heterocycles. The van der Waals surface area contributed by atoms with Gasteiger partial charge in [0.05, 0.1) is 36.7 Å². The van der Waals surface area contributed by atoms with Gasteiger partial charge in [-0.2, -0.15) is 4.58 Å². The van der Waals surface area contributed by atoms with Crippen LogP contribution >= 0.6 is 0 Å². The Morgan fingerprint density at radius 1 is 1.08 bits per heavy atom. The lowest BCUT2D eigenvalue weighted by atomic mass is 9.82. The third kappa shape index (κ3) is 4.69. The molecular weight excluding hydrogens is 358 g/mol. The fraction of sp³-hybridized carbons (Fsp3) is 0.611. The zero-order valence-corrected chi connectivity index (χ0v) is 16.6. The third-order valence-corrected chi connectivity index (χ3v) is 5.62. The summed E-state index contributed by atoms with van der Waals surface area (Å²) < 4.78 is 52.0. The molecule has 0 fully saturated rings. The van der Waals surface area contributed by atoms with Crippen molar-refractivity contribution in [3.63, 3.8) is 0 Å². The summed E-state index contributed by atoms with van der Waals surface area (Å²) in [5.41, 5.74) is 2.50. The molecule has 8 heteroatoms. The first-order valence-electron chi connectivity index (χ1n) is 8.56. The second-order valence-electron chi connectivity index (χ2n) is 6.71. The van der Waals surface area contributed by atoms with Crippen LogP contribution < -0.4 is 0 Å².